The molecule has 3 heteroatoms. The lowest BCUT2D eigenvalue weighted by atomic mass is 10.3. The molecule has 0 aromatic heterocycles. The third kappa shape index (κ3) is 3.18. The SMILES string of the molecule is C(C[C@@H]1CO1)OCC[C@@H]1CO1. The zero-order chi connectivity index (χ0) is 7.52. The molecule has 2 fully saturated rings. The lowest BCUT2D eigenvalue weighted by Gasteiger charge is -1.99. The van der Waals surface area contributed by atoms with Gasteiger partial charge in [0.15, 0.2) is 0 Å². The van der Waals surface area contributed by atoms with Gasteiger partial charge < -0.3 is 14.2 Å². The van der Waals surface area contributed by atoms with Crippen molar-refractivity contribution in [3.63, 3.8) is 0 Å². The van der Waals surface area contributed by atoms with Crippen molar-refractivity contribution in [1.29, 1.82) is 0 Å². The highest BCUT2D eigenvalue weighted by molar-refractivity contribution is 4.69. The minimum absolute atomic E-state index is 0.507. The van der Waals surface area contributed by atoms with Crippen LogP contribution >= 0.6 is 0 Å². The highest BCUT2D eigenvalue weighted by Gasteiger charge is 2.23. The van der Waals surface area contributed by atoms with Crippen molar-refractivity contribution in [3.8, 4) is 0 Å². The molecule has 2 atom stereocenters. The fourth-order valence-electron chi connectivity index (χ4n) is 1.00. The molecule has 0 spiro atoms. The minimum Gasteiger partial charge on any atom is -0.381 e. The fraction of sp³-hybridized carbons (Fsp3) is 1.00. The maximum atomic E-state index is 5.38. The normalized spacial score (nSPS) is 33.8. The van der Waals surface area contributed by atoms with E-state index in [1.165, 1.54) is 0 Å². The summed E-state index contributed by atoms with van der Waals surface area (Å²) in [6, 6.07) is 0. The maximum Gasteiger partial charge on any atom is 0.0831 e. The molecule has 3 nitrogen and oxygen atoms in total. The molecule has 0 N–H and O–H groups in total. The van der Waals surface area contributed by atoms with Crippen molar-refractivity contribution in [3.05, 3.63) is 0 Å². The molecule has 0 aromatic carbocycles. The second-order valence-corrected chi connectivity index (χ2v) is 3.10. The lowest BCUT2D eigenvalue weighted by Crippen LogP contribution is -2.02. The van der Waals surface area contributed by atoms with Gasteiger partial charge in [0, 0.05) is 13.2 Å². The van der Waals surface area contributed by atoms with E-state index in [4.69, 9.17) is 14.2 Å². The molecule has 0 bridgehead atoms. The van der Waals surface area contributed by atoms with Crippen molar-refractivity contribution in [1.82, 2.24) is 0 Å². The topological polar surface area (TPSA) is 34.3 Å². The molecule has 11 heavy (non-hydrogen) atoms. The van der Waals surface area contributed by atoms with Gasteiger partial charge in [0.05, 0.1) is 25.4 Å². The molecule has 2 heterocycles. The zero-order valence-corrected chi connectivity index (χ0v) is 6.62. The number of hydrogen-bond acceptors (Lipinski definition) is 3. The van der Waals surface area contributed by atoms with Gasteiger partial charge in [-0.05, 0) is 12.8 Å². The first-order valence-electron chi connectivity index (χ1n) is 4.26. The predicted molar refractivity (Wildman–Crippen MR) is 39.5 cm³/mol. The molecular weight excluding hydrogens is 144 g/mol. The van der Waals surface area contributed by atoms with Crippen molar-refractivity contribution in [2.45, 2.75) is 25.0 Å². The Hall–Kier alpha value is -0.120. The van der Waals surface area contributed by atoms with Gasteiger partial charge in [-0.2, -0.15) is 0 Å². The van der Waals surface area contributed by atoms with Gasteiger partial charge in [0.25, 0.3) is 0 Å². The van der Waals surface area contributed by atoms with Crippen LogP contribution in [0.1, 0.15) is 12.8 Å². The van der Waals surface area contributed by atoms with Crippen LogP contribution in [0, 0.1) is 0 Å². The molecule has 2 saturated heterocycles. The smallest absolute Gasteiger partial charge is 0.0831 e. The fourth-order valence-corrected chi connectivity index (χ4v) is 1.00. The first-order valence-corrected chi connectivity index (χ1v) is 4.26. The van der Waals surface area contributed by atoms with Gasteiger partial charge in [0.2, 0.25) is 0 Å². The Morgan fingerprint density at radius 1 is 1.00 bits per heavy atom. The second kappa shape index (κ2) is 3.52. The van der Waals surface area contributed by atoms with Crippen LogP contribution in [0.3, 0.4) is 0 Å². The molecule has 0 aromatic rings. The molecule has 0 radical (unpaired) electrons. The number of epoxide rings is 2. The lowest BCUT2D eigenvalue weighted by molar-refractivity contribution is 0.118. The van der Waals surface area contributed by atoms with E-state index >= 15 is 0 Å². The molecule has 2 aliphatic heterocycles. The summed E-state index contributed by atoms with van der Waals surface area (Å²) in [6.07, 6.45) is 3.14. The first-order chi connectivity index (χ1) is 5.45. The van der Waals surface area contributed by atoms with Crippen molar-refractivity contribution >= 4 is 0 Å². The quantitative estimate of drug-likeness (QED) is 0.419. The average molecular weight is 158 g/mol. The third-order valence-corrected chi connectivity index (χ3v) is 1.97. The van der Waals surface area contributed by atoms with Crippen molar-refractivity contribution < 1.29 is 14.2 Å². The van der Waals surface area contributed by atoms with E-state index in [-0.39, 0.29) is 0 Å². The van der Waals surface area contributed by atoms with Crippen LogP contribution in [0.15, 0.2) is 0 Å². The van der Waals surface area contributed by atoms with Gasteiger partial charge >= 0.3 is 0 Å². The standard InChI is InChI=1S/C8H14O3/c1(7-5-10-7)3-9-4-2-8-6-11-8/h7-8H,1-6H2/t7-,8-/m1/s1. The first kappa shape index (κ1) is 7.53. The minimum atomic E-state index is 0.507. The van der Waals surface area contributed by atoms with Crippen molar-refractivity contribution in [2.75, 3.05) is 26.4 Å². The van der Waals surface area contributed by atoms with E-state index in [0.717, 1.165) is 39.3 Å². The summed E-state index contributed by atoms with van der Waals surface area (Å²) in [5.74, 6) is 0. The van der Waals surface area contributed by atoms with E-state index in [9.17, 15) is 0 Å². The van der Waals surface area contributed by atoms with Crippen LogP contribution in [-0.2, 0) is 14.2 Å². The van der Waals surface area contributed by atoms with Gasteiger partial charge in [-0.25, -0.2) is 0 Å². The molecule has 0 unspecified atom stereocenters. The Bertz CT molecular complexity index is 105. The van der Waals surface area contributed by atoms with Gasteiger partial charge in [-0.1, -0.05) is 0 Å². The van der Waals surface area contributed by atoms with Crippen LogP contribution in [-0.4, -0.2) is 38.6 Å². The largest absolute Gasteiger partial charge is 0.381 e. The Labute approximate surface area is 66.6 Å². The molecular formula is C8H14O3. The monoisotopic (exact) mass is 158 g/mol. The van der Waals surface area contributed by atoms with E-state index in [1.54, 1.807) is 0 Å². The molecule has 0 aliphatic carbocycles. The molecule has 0 amide bonds. The number of rotatable bonds is 6. The predicted octanol–water partition coefficient (Wildman–Crippen LogP) is 0.581. The van der Waals surface area contributed by atoms with Crippen LogP contribution < -0.4 is 0 Å². The van der Waals surface area contributed by atoms with Crippen LogP contribution in [0.2, 0.25) is 0 Å². The summed E-state index contributed by atoms with van der Waals surface area (Å²) in [6.45, 7) is 3.57. The van der Waals surface area contributed by atoms with E-state index < -0.39 is 0 Å². The third-order valence-electron chi connectivity index (χ3n) is 1.97. The average Bonchev–Trinajstić information content (AvgIpc) is 2.83. The van der Waals surface area contributed by atoms with E-state index in [0.29, 0.717) is 12.2 Å². The highest BCUT2D eigenvalue weighted by atomic mass is 16.6. The maximum absolute atomic E-state index is 5.38. The summed E-state index contributed by atoms with van der Waals surface area (Å²) >= 11 is 0. The zero-order valence-electron chi connectivity index (χ0n) is 6.62. The van der Waals surface area contributed by atoms with Crippen LogP contribution in [0.4, 0.5) is 0 Å². The van der Waals surface area contributed by atoms with Crippen LogP contribution in [0.25, 0.3) is 0 Å². The summed E-state index contributed by atoms with van der Waals surface area (Å²) in [5.41, 5.74) is 0. The van der Waals surface area contributed by atoms with Gasteiger partial charge in [0.1, 0.15) is 0 Å². The number of ether oxygens (including phenoxy) is 3. The summed E-state index contributed by atoms with van der Waals surface area (Å²) in [7, 11) is 0. The Balaban J connectivity index is 1.35. The van der Waals surface area contributed by atoms with Gasteiger partial charge in [-0.15, -0.1) is 0 Å². The van der Waals surface area contributed by atoms with Crippen LogP contribution in [0.5, 0.6) is 0 Å². The Morgan fingerprint density at radius 2 is 1.45 bits per heavy atom. The number of hydrogen-bond donors (Lipinski definition) is 0. The molecule has 64 valence electrons. The Kier molecular flexibility index (Phi) is 2.41. The second-order valence-electron chi connectivity index (χ2n) is 3.10. The van der Waals surface area contributed by atoms with E-state index in [2.05, 4.69) is 0 Å². The summed E-state index contributed by atoms with van der Waals surface area (Å²) < 4.78 is 15.5. The summed E-state index contributed by atoms with van der Waals surface area (Å²) in [4.78, 5) is 0. The highest BCUT2D eigenvalue weighted by Crippen LogP contribution is 2.15. The summed E-state index contributed by atoms with van der Waals surface area (Å²) in [5, 5.41) is 0. The molecule has 0 saturated carbocycles. The van der Waals surface area contributed by atoms with E-state index in [1.807, 2.05) is 0 Å². The van der Waals surface area contributed by atoms with Gasteiger partial charge in [-0.3, -0.25) is 0 Å². The molecule has 2 rings (SSSR count). The molecule has 2 aliphatic rings. The van der Waals surface area contributed by atoms with Crippen molar-refractivity contribution in [2.24, 2.45) is 0 Å². The Morgan fingerprint density at radius 3 is 1.82 bits per heavy atom.